The first-order valence-corrected chi connectivity index (χ1v) is 12.0. The van der Waals surface area contributed by atoms with Gasteiger partial charge in [0.2, 0.25) is 5.75 Å². The highest BCUT2D eigenvalue weighted by molar-refractivity contribution is 5.84. The van der Waals surface area contributed by atoms with E-state index in [2.05, 4.69) is 10.1 Å². The van der Waals surface area contributed by atoms with Gasteiger partial charge in [0.25, 0.3) is 5.56 Å². The number of nitro groups is 1. The average molecular weight is 570 g/mol. The molecule has 0 unspecified atom stereocenters. The molecule has 1 heterocycles. The number of carboxylic acid groups (broad SMARTS) is 1. The van der Waals surface area contributed by atoms with Crippen molar-refractivity contribution in [2.24, 2.45) is 5.10 Å². The van der Waals surface area contributed by atoms with Crippen LogP contribution in [0.15, 0.2) is 70.6 Å². The normalized spacial score (nSPS) is 12.4. The Labute approximate surface area is 229 Å². The lowest BCUT2D eigenvalue weighted by molar-refractivity contribution is -0.386. The minimum atomic E-state index is -4.65. The molecular formula is C27H21F3N4O7. The van der Waals surface area contributed by atoms with Crippen LogP contribution in [0.3, 0.4) is 0 Å². The van der Waals surface area contributed by atoms with Gasteiger partial charge in [-0.05, 0) is 44.2 Å². The number of para-hydroxylation sites is 1. The number of hydrogen-bond acceptors (Lipinski definition) is 8. The zero-order chi connectivity index (χ0) is 29.9. The summed E-state index contributed by atoms with van der Waals surface area (Å²) in [5.74, 6) is -2.14. The molecule has 1 atom stereocenters. The van der Waals surface area contributed by atoms with E-state index in [4.69, 9.17) is 9.47 Å². The number of ether oxygens (including phenoxy) is 2. The van der Waals surface area contributed by atoms with E-state index in [0.29, 0.717) is 0 Å². The third kappa shape index (κ3) is 6.16. The van der Waals surface area contributed by atoms with Crippen LogP contribution in [0.2, 0.25) is 0 Å². The standard InChI is InChI=1S/C27H21F3N4O7/c1-3-40-22-12-16(11-21(34(38)39)23(22)41-15(2)26(36)37)14-31-33-24(17-7-6-8-18(13-17)27(28,29)30)32-20-10-5-4-9-19(20)25(33)35/h4-15H,3H2,1-2H3,(H,36,37)/t15-/m1/s1. The summed E-state index contributed by atoms with van der Waals surface area (Å²) >= 11 is 0. The number of carbonyl (C=O) groups is 1. The van der Waals surface area contributed by atoms with Crippen LogP contribution in [0.5, 0.6) is 11.5 Å². The lowest BCUT2D eigenvalue weighted by Crippen LogP contribution is -2.23. The van der Waals surface area contributed by atoms with Crippen LogP contribution in [0.25, 0.3) is 22.3 Å². The van der Waals surface area contributed by atoms with Crippen molar-refractivity contribution in [2.75, 3.05) is 6.61 Å². The van der Waals surface area contributed by atoms with Gasteiger partial charge in [0.15, 0.2) is 17.7 Å². The number of halogens is 3. The molecule has 0 aliphatic carbocycles. The molecule has 11 nitrogen and oxygen atoms in total. The summed E-state index contributed by atoms with van der Waals surface area (Å²) in [5, 5.41) is 25.3. The van der Waals surface area contributed by atoms with Crippen molar-refractivity contribution >= 4 is 28.8 Å². The molecule has 0 bridgehead atoms. The number of aliphatic carboxylic acids is 1. The van der Waals surface area contributed by atoms with Gasteiger partial charge in [-0.1, -0.05) is 24.3 Å². The van der Waals surface area contributed by atoms with Gasteiger partial charge in [0, 0.05) is 17.2 Å². The maximum absolute atomic E-state index is 13.4. The Kier molecular flexibility index (Phi) is 8.03. The third-order valence-electron chi connectivity index (χ3n) is 5.72. The van der Waals surface area contributed by atoms with Gasteiger partial charge >= 0.3 is 17.8 Å². The fourth-order valence-corrected chi connectivity index (χ4v) is 3.80. The van der Waals surface area contributed by atoms with E-state index in [1.54, 1.807) is 19.1 Å². The highest BCUT2D eigenvalue weighted by Gasteiger charge is 2.31. The summed E-state index contributed by atoms with van der Waals surface area (Å²) in [5.41, 5.74) is -2.07. The van der Waals surface area contributed by atoms with Crippen LogP contribution < -0.4 is 15.0 Å². The largest absolute Gasteiger partial charge is 0.490 e. The molecule has 4 aromatic rings. The lowest BCUT2D eigenvalue weighted by Gasteiger charge is -2.15. The van der Waals surface area contributed by atoms with Gasteiger partial charge in [0.1, 0.15) is 0 Å². The second kappa shape index (κ2) is 11.5. The molecule has 14 heteroatoms. The van der Waals surface area contributed by atoms with E-state index in [0.717, 1.165) is 29.1 Å². The number of rotatable bonds is 9. The van der Waals surface area contributed by atoms with Crippen LogP contribution in [0.4, 0.5) is 18.9 Å². The number of hydrogen-bond donors (Lipinski definition) is 1. The molecule has 0 fully saturated rings. The quantitative estimate of drug-likeness (QED) is 0.166. The number of carboxylic acids is 1. The monoisotopic (exact) mass is 570 g/mol. The minimum absolute atomic E-state index is 0.0450. The van der Waals surface area contributed by atoms with Gasteiger partial charge in [-0.2, -0.15) is 22.9 Å². The maximum Gasteiger partial charge on any atom is 0.416 e. The third-order valence-corrected chi connectivity index (χ3v) is 5.72. The van der Waals surface area contributed by atoms with E-state index < -0.39 is 45.7 Å². The molecule has 0 saturated heterocycles. The van der Waals surface area contributed by atoms with Gasteiger partial charge in [0.05, 0.1) is 34.2 Å². The zero-order valence-corrected chi connectivity index (χ0v) is 21.5. The Balaban J connectivity index is 1.91. The number of nitro benzene ring substituents is 1. The Morgan fingerprint density at radius 1 is 1.20 bits per heavy atom. The molecule has 41 heavy (non-hydrogen) atoms. The first-order valence-electron chi connectivity index (χ1n) is 12.0. The summed E-state index contributed by atoms with van der Waals surface area (Å²) in [6.07, 6.45) is -5.03. The molecule has 0 spiro atoms. The molecule has 0 aliphatic heterocycles. The van der Waals surface area contributed by atoms with E-state index >= 15 is 0 Å². The summed E-state index contributed by atoms with van der Waals surface area (Å²) in [7, 11) is 0. The second-order valence-electron chi connectivity index (χ2n) is 8.55. The summed E-state index contributed by atoms with van der Waals surface area (Å²) in [4.78, 5) is 40.1. The van der Waals surface area contributed by atoms with Crippen molar-refractivity contribution in [3.63, 3.8) is 0 Å². The Bertz CT molecular complexity index is 1730. The van der Waals surface area contributed by atoms with Crippen LogP contribution in [-0.4, -0.2) is 44.6 Å². The molecule has 1 N–H and O–H groups in total. The summed E-state index contributed by atoms with van der Waals surface area (Å²) in [6, 6.07) is 12.7. The SMILES string of the molecule is CCOc1cc(C=Nn2c(-c3cccc(C(F)(F)F)c3)nc3ccccc3c2=O)cc([N+](=O)[O-])c1O[C@H](C)C(=O)O. The van der Waals surface area contributed by atoms with Crippen molar-refractivity contribution < 1.29 is 37.5 Å². The van der Waals surface area contributed by atoms with E-state index in [9.17, 15) is 38.0 Å². The van der Waals surface area contributed by atoms with Gasteiger partial charge in [-0.3, -0.25) is 14.9 Å². The number of alkyl halides is 3. The maximum atomic E-state index is 13.4. The van der Waals surface area contributed by atoms with Crippen LogP contribution >= 0.6 is 0 Å². The number of benzene rings is 3. The predicted molar refractivity (Wildman–Crippen MR) is 141 cm³/mol. The van der Waals surface area contributed by atoms with Crippen LogP contribution in [-0.2, 0) is 11.0 Å². The topological polar surface area (TPSA) is 146 Å². The molecular weight excluding hydrogens is 549 g/mol. The number of aromatic nitrogens is 2. The molecule has 4 rings (SSSR count). The molecule has 0 radical (unpaired) electrons. The summed E-state index contributed by atoms with van der Waals surface area (Å²) in [6.45, 7) is 2.83. The number of nitrogens with zero attached hydrogens (tertiary/aromatic N) is 4. The smallest absolute Gasteiger partial charge is 0.416 e. The Morgan fingerprint density at radius 2 is 1.93 bits per heavy atom. The zero-order valence-electron chi connectivity index (χ0n) is 21.5. The molecule has 0 saturated carbocycles. The van der Waals surface area contributed by atoms with Crippen molar-refractivity contribution in [3.8, 4) is 22.9 Å². The second-order valence-corrected chi connectivity index (χ2v) is 8.55. The fraction of sp³-hybridized carbons (Fsp3) is 0.185. The molecule has 3 aromatic carbocycles. The molecule has 1 aromatic heterocycles. The Hall–Kier alpha value is -5.27. The van der Waals surface area contributed by atoms with E-state index in [1.807, 2.05) is 0 Å². The molecule has 212 valence electrons. The van der Waals surface area contributed by atoms with Crippen molar-refractivity contribution in [1.29, 1.82) is 0 Å². The van der Waals surface area contributed by atoms with Crippen molar-refractivity contribution in [2.45, 2.75) is 26.1 Å². The average Bonchev–Trinajstić information content (AvgIpc) is 2.93. The predicted octanol–water partition coefficient (Wildman–Crippen LogP) is 5.12. The van der Waals surface area contributed by atoms with Crippen molar-refractivity contribution in [1.82, 2.24) is 9.66 Å². The van der Waals surface area contributed by atoms with Crippen molar-refractivity contribution in [3.05, 3.63) is 92.3 Å². The van der Waals surface area contributed by atoms with E-state index in [-0.39, 0.29) is 40.2 Å². The first-order chi connectivity index (χ1) is 19.4. The van der Waals surface area contributed by atoms with E-state index in [1.165, 1.54) is 37.3 Å². The van der Waals surface area contributed by atoms with Gasteiger partial charge in [-0.15, -0.1) is 0 Å². The summed E-state index contributed by atoms with van der Waals surface area (Å²) < 4.78 is 51.8. The van der Waals surface area contributed by atoms with Gasteiger partial charge in [-0.25, -0.2) is 9.78 Å². The highest BCUT2D eigenvalue weighted by atomic mass is 19.4. The lowest BCUT2D eigenvalue weighted by atomic mass is 10.1. The first kappa shape index (κ1) is 28.7. The van der Waals surface area contributed by atoms with Gasteiger partial charge < -0.3 is 14.6 Å². The molecule has 0 aliphatic rings. The highest BCUT2D eigenvalue weighted by Crippen LogP contribution is 2.39. The fourth-order valence-electron chi connectivity index (χ4n) is 3.80. The molecule has 0 amide bonds. The van der Waals surface area contributed by atoms with Crippen LogP contribution in [0.1, 0.15) is 25.0 Å². The minimum Gasteiger partial charge on any atom is -0.490 e. The van der Waals surface area contributed by atoms with Crippen LogP contribution in [0, 0.1) is 10.1 Å². The number of fused-ring (bicyclic) bond motifs is 1. The Morgan fingerprint density at radius 3 is 2.59 bits per heavy atom.